The number of carbonyl (C=O) groups is 1. The van der Waals surface area contributed by atoms with Gasteiger partial charge in [-0.05, 0) is 32.0 Å². The van der Waals surface area contributed by atoms with E-state index in [-0.39, 0.29) is 17.8 Å². The molecule has 22 heavy (non-hydrogen) atoms. The van der Waals surface area contributed by atoms with Gasteiger partial charge in [-0.3, -0.25) is 4.79 Å². The standard InChI is InChI=1S/C16H18FN3OS/c1-18-9-11-5-4-8-20(11)16(21)14-10-22-15(19-14)12-6-2-3-7-13(12)17/h2-3,6-7,10-11,18H,4-5,8-9H2,1H3/t11-/m1/s1. The Morgan fingerprint density at radius 2 is 2.32 bits per heavy atom. The van der Waals surface area contributed by atoms with Gasteiger partial charge in [0.05, 0.1) is 0 Å². The number of likely N-dealkylation sites (tertiary alicyclic amines) is 1. The summed E-state index contributed by atoms with van der Waals surface area (Å²) in [6.45, 7) is 1.55. The number of nitrogens with one attached hydrogen (secondary N) is 1. The monoisotopic (exact) mass is 319 g/mol. The van der Waals surface area contributed by atoms with Gasteiger partial charge in [-0.1, -0.05) is 12.1 Å². The van der Waals surface area contributed by atoms with Gasteiger partial charge in [0.15, 0.2) is 0 Å². The molecule has 0 radical (unpaired) electrons. The number of amides is 1. The van der Waals surface area contributed by atoms with Crippen LogP contribution in [0.15, 0.2) is 29.6 Å². The molecule has 0 spiro atoms. The van der Waals surface area contributed by atoms with Gasteiger partial charge in [0.25, 0.3) is 5.91 Å². The van der Waals surface area contributed by atoms with Crippen LogP contribution in [0.1, 0.15) is 23.3 Å². The number of nitrogens with zero attached hydrogens (tertiary/aromatic N) is 2. The predicted octanol–water partition coefficient (Wildman–Crippen LogP) is 2.77. The number of hydrogen-bond donors (Lipinski definition) is 1. The van der Waals surface area contributed by atoms with Gasteiger partial charge in [0.1, 0.15) is 16.5 Å². The highest BCUT2D eigenvalue weighted by Crippen LogP contribution is 2.27. The number of thiazole rings is 1. The van der Waals surface area contributed by atoms with E-state index in [9.17, 15) is 9.18 Å². The Morgan fingerprint density at radius 1 is 1.50 bits per heavy atom. The summed E-state index contributed by atoms with van der Waals surface area (Å²) in [7, 11) is 1.89. The molecule has 1 aliphatic rings. The van der Waals surface area contributed by atoms with Gasteiger partial charge in [-0.15, -0.1) is 11.3 Å². The van der Waals surface area contributed by atoms with Crippen molar-refractivity contribution in [2.45, 2.75) is 18.9 Å². The average Bonchev–Trinajstić information content (AvgIpc) is 3.17. The lowest BCUT2D eigenvalue weighted by molar-refractivity contribution is 0.0732. The number of aromatic nitrogens is 1. The van der Waals surface area contributed by atoms with E-state index in [0.717, 1.165) is 25.9 Å². The Kier molecular flexibility index (Phi) is 4.49. The maximum absolute atomic E-state index is 13.8. The highest BCUT2D eigenvalue weighted by atomic mass is 32.1. The number of benzene rings is 1. The molecule has 1 saturated heterocycles. The third-order valence-corrected chi connectivity index (χ3v) is 4.78. The van der Waals surface area contributed by atoms with Crippen LogP contribution < -0.4 is 5.32 Å². The fraction of sp³-hybridized carbons (Fsp3) is 0.375. The molecular weight excluding hydrogens is 301 g/mol. The normalized spacial score (nSPS) is 17.9. The third-order valence-electron chi connectivity index (χ3n) is 3.91. The molecule has 6 heteroatoms. The maximum Gasteiger partial charge on any atom is 0.273 e. The van der Waals surface area contributed by atoms with Crippen LogP contribution in [0.25, 0.3) is 10.6 Å². The van der Waals surface area contributed by atoms with E-state index < -0.39 is 0 Å². The van der Waals surface area contributed by atoms with Gasteiger partial charge in [0, 0.05) is 30.1 Å². The second kappa shape index (κ2) is 6.54. The SMILES string of the molecule is CNC[C@H]1CCCN1C(=O)c1csc(-c2ccccc2F)n1. The first-order valence-corrected chi connectivity index (χ1v) is 8.24. The first-order valence-electron chi connectivity index (χ1n) is 7.36. The molecule has 0 unspecified atom stereocenters. The lowest BCUT2D eigenvalue weighted by Crippen LogP contribution is -2.40. The Hall–Kier alpha value is -1.79. The summed E-state index contributed by atoms with van der Waals surface area (Å²) >= 11 is 1.30. The molecular formula is C16H18FN3OS. The highest BCUT2D eigenvalue weighted by Gasteiger charge is 2.30. The Morgan fingerprint density at radius 3 is 3.09 bits per heavy atom. The molecule has 0 saturated carbocycles. The van der Waals surface area contributed by atoms with E-state index in [1.54, 1.807) is 23.6 Å². The highest BCUT2D eigenvalue weighted by molar-refractivity contribution is 7.13. The number of hydrogen-bond acceptors (Lipinski definition) is 4. The minimum atomic E-state index is -0.315. The van der Waals surface area contributed by atoms with Crippen molar-refractivity contribution < 1.29 is 9.18 Å². The van der Waals surface area contributed by atoms with Crippen LogP contribution in [0.2, 0.25) is 0 Å². The molecule has 116 valence electrons. The van der Waals surface area contributed by atoms with E-state index in [0.29, 0.717) is 16.3 Å². The van der Waals surface area contributed by atoms with Gasteiger partial charge in [-0.2, -0.15) is 0 Å². The van der Waals surface area contributed by atoms with Crippen LogP contribution in [0.3, 0.4) is 0 Å². The lowest BCUT2D eigenvalue weighted by Gasteiger charge is -2.23. The van der Waals surface area contributed by atoms with Crippen molar-refractivity contribution in [3.8, 4) is 10.6 Å². The van der Waals surface area contributed by atoms with Crippen LogP contribution in [0.4, 0.5) is 4.39 Å². The molecule has 1 aliphatic heterocycles. The molecule has 1 aromatic heterocycles. The van der Waals surface area contributed by atoms with E-state index in [1.807, 2.05) is 11.9 Å². The molecule has 0 bridgehead atoms. The van der Waals surface area contributed by atoms with Crippen LogP contribution >= 0.6 is 11.3 Å². The van der Waals surface area contributed by atoms with Crippen LogP contribution in [-0.2, 0) is 0 Å². The first-order chi connectivity index (χ1) is 10.7. The number of carbonyl (C=O) groups excluding carboxylic acids is 1. The largest absolute Gasteiger partial charge is 0.333 e. The minimum absolute atomic E-state index is 0.0587. The molecule has 1 aromatic carbocycles. The Balaban J connectivity index is 1.82. The van der Waals surface area contributed by atoms with Crippen LogP contribution in [-0.4, -0.2) is 42.0 Å². The summed E-state index contributed by atoms with van der Waals surface area (Å²) in [5.41, 5.74) is 0.853. The van der Waals surface area contributed by atoms with Gasteiger partial charge in [-0.25, -0.2) is 9.37 Å². The number of halogens is 1. The van der Waals surface area contributed by atoms with Crippen LogP contribution in [0.5, 0.6) is 0 Å². The van der Waals surface area contributed by atoms with E-state index in [4.69, 9.17) is 0 Å². The third kappa shape index (κ3) is 2.89. The van der Waals surface area contributed by atoms with Gasteiger partial charge in [0.2, 0.25) is 0 Å². The lowest BCUT2D eigenvalue weighted by atomic mass is 10.2. The summed E-state index contributed by atoms with van der Waals surface area (Å²) in [6, 6.07) is 6.72. The summed E-state index contributed by atoms with van der Waals surface area (Å²) in [5.74, 6) is -0.373. The summed E-state index contributed by atoms with van der Waals surface area (Å²) in [5, 5.41) is 5.39. The molecule has 4 nitrogen and oxygen atoms in total. The van der Waals surface area contributed by atoms with Crippen molar-refractivity contribution in [2.24, 2.45) is 0 Å². The van der Waals surface area contributed by atoms with Crippen molar-refractivity contribution in [3.05, 3.63) is 41.2 Å². The molecule has 1 N–H and O–H groups in total. The van der Waals surface area contributed by atoms with Crippen molar-refractivity contribution in [3.63, 3.8) is 0 Å². The molecule has 1 atom stereocenters. The molecule has 3 rings (SSSR count). The quantitative estimate of drug-likeness (QED) is 0.942. The fourth-order valence-electron chi connectivity index (χ4n) is 2.83. The predicted molar refractivity (Wildman–Crippen MR) is 85.5 cm³/mol. The molecule has 0 aliphatic carbocycles. The van der Waals surface area contributed by atoms with E-state index in [2.05, 4.69) is 10.3 Å². The zero-order chi connectivity index (χ0) is 15.5. The van der Waals surface area contributed by atoms with Crippen molar-refractivity contribution in [1.82, 2.24) is 15.2 Å². The Bertz CT molecular complexity index is 673. The summed E-state index contributed by atoms with van der Waals surface area (Å²) in [6.07, 6.45) is 2.03. The average molecular weight is 319 g/mol. The second-order valence-electron chi connectivity index (χ2n) is 5.37. The van der Waals surface area contributed by atoms with E-state index >= 15 is 0 Å². The fourth-order valence-corrected chi connectivity index (χ4v) is 3.65. The molecule has 1 amide bonds. The van der Waals surface area contributed by atoms with Gasteiger partial charge >= 0.3 is 0 Å². The number of likely N-dealkylation sites (N-methyl/N-ethyl adjacent to an activating group) is 1. The molecule has 1 fully saturated rings. The van der Waals surface area contributed by atoms with Crippen molar-refractivity contribution >= 4 is 17.2 Å². The zero-order valence-corrected chi connectivity index (χ0v) is 13.2. The summed E-state index contributed by atoms with van der Waals surface area (Å²) in [4.78, 5) is 18.8. The molecule has 2 aromatic rings. The second-order valence-corrected chi connectivity index (χ2v) is 6.23. The Labute approximate surface area is 133 Å². The maximum atomic E-state index is 13.8. The summed E-state index contributed by atoms with van der Waals surface area (Å²) < 4.78 is 13.8. The van der Waals surface area contributed by atoms with Crippen molar-refractivity contribution in [2.75, 3.05) is 20.1 Å². The first kappa shape index (κ1) is 15.1. The van der Waals surface area contributed by atoms with Gasteiger partial charge < -0.3 is 10.2 Å². The smallest absolute Gasteiger partial charge is 0.273 e. The molecule has 2 heterocycles. The minimum Gasteiger partial charge on any atom is -0.333 e. The number of rotatable bonds is 4. The van der Waals surface area contributed by atoms with Crippen LogP contribution in [0, 0.1) is 5.82 Å². The van der Waals surface area contributed by atoms with E-state index in [1.165, 1.54) is 17.4 Å². The zero-order valence-electron chi connectivity index (χ0n) is 12.4. The van der Waals surface area contributed by atoms with Crippen molar-refractivity contribution in [1.29, 1.82) is 0 Å². The topological polar surface area (TPSA) is 45.2 Å².